The topological polar surface area (TPSA) is 42.2 Å². The molecule has 90 valence electrons. The first-order valence-corrected chi connectivity index (χ1v) is 5.87. The van der Waals surface area contributed by atoms with Gasteiger partial charge in [-0.3, -0.25) is 4.79 Å². The number of fused-ring (bicyclic) bond motifs is 1. The summed E-state index contributed by atoms with van der Waals surface area (Å²) in [5.74, 6) is 0.629. The first-order chi connectivity index (χ1) is 8.08. The van der Waals surface area contributed by atoms with Gasteiger partial charge in [-0.25, -0.2) is 0 Å². The van der Waals surface area contributed by atoms with E-state index in [4.69, 9.17) is 4.42 Å². The number of hydrogen-bond donors (Lipinski definition) is 1. The minimum Gasteiger partial charge on any atom is -0.451 e. The average Bonchev–Trinajstić information content (AvgIpc) is 2.72. The molecule has 0 aliphatic rings. The lowest BCUT2D eigenvalue weighted by atomic mass is 10.1. The van der Waals surface area contributed by atoms with Crippen LogP contribution in [-0.4, -0.2) is 11.9 Å². The first kappa shape index (κ1) is 11.7. The zero-order valence-corrected chi connectivity index (χ0v) is 10.4. The van der Waals surface area contributed by atoms with Crippen molar-refractivity contribution in [3.8, 4) is 0 Å². The summed E-state index contributed by atoms with van der Waals surface area (Å²) < 4.78 is 5.50. The van der Waals surface area contributed by atoms with Crippen LogP contribution in [0.5, 0.6) is 0 Å². The van der Waals surface area contributed by atoms with E-state index in [0.29, 0.717) is 11.7 Å². The molecular formula is C14H17NO2. The maximum absolute atomic E-state index is 11.9. The summed E-state index contributed by atoms with van der Waals surface area (Å²) in [5.41, 5.74) is 0.745. The molecule has 3 heteroatoms. The van der Waals surface area contributed by atoms with Crippen LogP contribution < -0.4 is 5.32 Å². The fourth-order valence-corrected chi connectivity index (χ4v) is 1.54. The lowest BCUT2D eigenvalue weighted by molar-refractivity contribution is 0.0904. The Kier molecular flexibility index (Phi) is 3.18. The van der Waals surface area contributed by atoms with Crippen LogP contribution in [0.15, 0.2) is 34.7 Å². The third kappa shape index (κ3) is 2.49. The minimum atomic E-state index is -0.151. The summed E-state index contributed by atoms with van der Waals surface area (Å²) in [6, 6.07) is 9.52. The van der Waals surface area contributed by atoms with Crippen LogP contribution in [0.4, 0.5) is 0 Å². The number of nitrogens with one attached hydrogen (secondary N) is 1. The van der Waals surface area contributed by atoms with Crippen LogP contribution in [0, 0.1) is 5.92 Å². The zero-order chi connectivity index (χ0) is 12.4. The second-order valence-electron chi connectivity index (χ2n) is 4.65. The van der Waals surface area contributed by atoms with Crippen LogP contribution >= 0.6 is 0 Å². The van der Waals surface area contributed by atoms with Gasteiger partial charge in [0.15, 0.2) is 5.76 Å². The predicted molar refractivity (Wildman–Crippen MR) is 68.0 cm³/mol. The molecule has 1 N–H and O–H groups in total. The van der Waals surface area contributed by atoms with Crippen molar-refractivity contribution in [3.05, 3.63) is 36.1 Å². The quantitative estimate of drug-likeness (QED) is 0.881. The van der Waals surface area contributed by atoms with Gasteiger partial charge in [-0.1, -0.05) is 32.0 Å². The van der Waals surface area contributed by atoms with Crippen molar-refractivity contribution in [2.24, 2.45) is 5.92 Å². The van der Waals surface area contributed by atoms with E-state index in [9.17, 15) is 4.79 Å². The lowest BCUT2D eigenvalue weighted by Crippen LogP contribution is -2.35. The number of amides is 1. The number of benzene rings is 1. The van der Waals surface area contributed by atoms with E-state index in [1.807, 2.05) is 31.2 Å². The summed E-state index contributed by atoms with van der Waals surface area (Å²) in [7, 11) is 0. The summed E-state index contributed by atoms with van der Waals surface area (Å²) >= 11 is 0. The number of hydrogen-bond acceptors (Lipinski definition) is 2. The monoisotopic (exact) mass is 231 g/mol. The molecule has 3 nitrogen and oxygen atoms in total. The summed E-state index contributed by atoms with van der Waals surface area (Å²) in [4.78, 5) is 11.9. The molecule has 2 rings (SSSR count). The number of carbonyl (C=O) groups is 1. The van der Waals surface area contributed by atoms with Crippen LogP contribution in [0.25, 0.3) is 11.0 Å². The normalized spacial score (nSPS) is 12.9. The van der Waals surface area contributed by atoms with Crippen molar-refractivity contribution >= 4 is 16.9 Å². The number of carbonyl (C=O) groups excluding carboxylic acids is 1. The summed E-state index contributed by atoms with van der Waals surface area (Å²) in [5, 5.41) is 3.88. The number of furan rings is 1. The zero-order valence-electron chi connectivity index (χ0n) is 10.4. The van der Waals surface area contributed by atoms with Gasteiger partial charge in [0.1, 0.15) is 5.58 Å². The Bertz CT molecular complexity index is 495. The third-order valence-electron chi connectivity index (χ3n) is 3.01. The van der Waals surface area contributed by atoms with E-state index in [-0.39, 0.29) is 11.9 Å². The molecule has 1 amide bonds. The second-order valence-corrected chi connectivity index (χ2v) is 4.65. The van der Waals surface area contributed by atoms with E-state index in [0.717, 1.165) is 11.0 Å². The Balaban J connectivity index is 2.19. The van der Waals surface area contributed by atoms with E-state index >= 15 is 0 Å². The number of para-hydroxylation sites is 1. The first-order valence-electron chi connectivity index (χ1n) is 5.87. The van der Waals surface area contributed by atoms with Crippen LogP contribution in [0.3, 0.4) is 0 Å². The van der Waals surface area contributed by atoms with Gasteiger partial charge in [0, 0.05) is 11.4 Å². The second kappa shape index (κ2) is 4.62. The molecule has 0 saturated carbocycles. The Labute approximate surface area is 101 Å². The van der Waals surface area contributed by atoms with Crippen LogP contribution in [0.1, 0.15) is 31.3 Å². The van der Waals surface area contributed by atoms with Gasteiger partial charge >= 0.3 is 0 Å². The van der Waals surface area contributed by atoms with Gasteiger partial charge in [-0.15, -0.1) is 0 Å². The molecule has 0 fully saturated rings. The van der Waals surface area contributed by atoms with Gasteiger partial charge in [0.2, 0.25) is 0 Å². The minimum absolute atomic E-state index is 0.135. The highest BCUT2D eigenvalue weighted by molar-refractivity contribution is 5.96. The molecule has 2 aromatic rings. The fraction of sp³-hybridized carbons (Fsp3) is 0.357. The Hall–Kier alpha value is -1.77. The maximum atomic E-state index is 11.9. The molecule has 17 heavy (non-hydrogen) atoms. The largest absolute Gasteiger partial charge is 0.451 e. The predicted octanol–water partition coefficient (Wildman–Crippen LogP) is 3.21. The smallest absolute Gasteiger partial charge is 0.287 e. The van der Waals surface area contributed by atoms with Gasteiger partial charge < -0.3 is 9.73 Å². The molecule has 1 aromatic carbocycles. The molecule has 0 aliphatic heterocycles. The van der Waals surface area contributed by atoms with Gasteiger partial charge in [0.05, 0.1) is 0 Å². The average molecular weight is 231 g/mol. The highest BCUT2D eigenvalue weighted by atomic mass is 16.3. The van der Waals surface area contributed by atoms with E-state index in [1.165, 1.54) is 0 Å². The summed E-state index contributed by atoms with van der Waals surface area (Å²) in [6.45, 7) is 6.14. The van der Waals surface area contributed by atoms with Crippen molar-refractivity contribution in [2.45, 2.75) is 26.8 Å². The van der Waals surface area contributed by atoms with E-state index in [1.54, 1.807) is 6.07 Å². The van der Waals surface area contributed by atoms with Crippen molar-refractivity contribution in [1.82, 2.24) is 5.32 Å². The lowest BCUT2D eigenvalue weighted by Gasteiger charge is -2.16. The fourth-order valence-electron chi connectivity index (χ4n) is 1.54. The highest BCUT2D eigenvalue weighted by Crippen LogP contribution is 2.18. The van der Waals surface area contributed by atoms with E-state index < -0.39 is 0 Å². The molecule has 0 bridgehead atoms. The van der Waals surface area contributed by atoms with Crippen molar-refractivity contribution in [2.75, 3.05) is 0 Å². The van der Waals surface area contributed by atoms with Crippen molar-refractivity contribution in [3.63, 3.8) is 0 Å². The molecule has 0 saturated heterocycles. The number of rotatable bonds is 3. The molecule has 0 radical (unpaired) electrons. The molecule has 0 unspecified atom stereocenters. The molecule has 1 atom stereocenters. The van der Waals surface area contributed by atoms with Gasteiger partial charge in [-0.05, 0) is 25.0 Å². The Morgan fingerprint density at radius 2 is 1.94 bits per heavy atom. The third-order valence-corrected chi connectivity index (χ3v) is 3.01. The molecule has 0 spiro atoms. The molecule has 1 heterocycles. The maximum Gasteiger partial charge on any atom is 0.287 e. The van der Waals surface area contributed by atoms with Crippen molar-refractivity contribution < 1.29 is 9.21 Å². The van der Waals surface area contributed by atoms with Crippen molar-refractivity contribution in [1.29, 1.82) is 0 Å². The molecule has 0 aliphatic carbocycles. The van der Waals surface area contributed by atoms with Crippen LogP contribution in [0.2, 0.25) is 0 Å². The SMILES string of the molecule is CC(C)[C@H](C)NC(=O)c1cc2ccccc2o1. The van der Waals surface area contributed by atoms with Gasteiger partial charge in [-0.2, -0.15) is 0 Å². The van der Waals surface area contributed by atoms with Crippen LogP contribution in [-0.2, 0) is 0 Å². The molecular weight excluding hydrogens is 214 g/mol. The summed E-state index contributed by atoms with van der Waals surface area (Å²) in [6.07, 6.45) is 0. The highest BCUT2D eigenvalue weighted by Gasteiger charge is 2.15. The van der Waals surface area contributed by atoms with Gasteiger partial charge in [0.25, 0.3) is 5.91 Å². The Morgan fingerprint density at radius 1 is 1.24 bits per heavy atom. The van der Waals surface area contributed by atoms with E-state index in [2.05, 4.69) is 19.2 Å². The standard InChI is InChI=1S/C14H17NO2/c1-9(2)10(3)15-14(16)13-8-11-6-4-5-7-12(11)17-13/h4-10H,1-3H3,(H,15,16)/t10-/m0/s1. The molecule has 1 aromatic heterocycles. The Morgan fingerprint density at radius 3 is 2.59 bits per heavy atom.